The van der Waals surface area contributed by atoms with Crippen LogP contribution in [0.15, 0.2) is 17.1 Å². The summed E-state index contributed by atoms with van der Waals surface area (Å²) in [4.78, 5) is 6.87. The van der Waals surface area contributed by atoms with Crippen LogP contribution in [0, 0.1) is 6.92 Å². The lowest BCUT2D eigenvalue weighted by Gasteiger charge is -2.42. The standard InChI is InChI=1S/C20H30N2O/c1-15(2)22(4)14-21-19-13-17-8-11-23-20(9-6-5-7-10-20)18(17)12-16(19)3/h12-15H,5-11H2,1-4H3/b21-14+. The summed E-state index contributed by atoms with van der Waals surface area (Å²) in [5.74, 6) is 0. The molecule has 3 rings (SSSR count). The van der Waals surface area contributed by atoms with E-state index in [2.05, 4.69) is 44.9 Å². The van der Waals surface area contributed by atoms with E-state index in [-0.39, 0.29) is 5.60 Å². The summed E-state index contributed by atoms with van der Waals surface area (Å²) in [5.41, 5.74) is 5.24. The van der Waals surface area contributed by atoms with Crippen molar-refractivity contribution >= 4 is 12.0 Å². The fourth-order valence-electron chi connectivity index (χ4n) is 3.77. The van der Waals surface area contributed by atoms with Crippen molar-refractivity contribution < 1.29 is 4.74 Å². The zero-order valence-corrected chi connectivity index (χ0v) is 15.1. The van der Waals surface area contributed by atoms with Gasteiger partial charge in [0, 0.05) is 13.1 Å². The molecule has 23 heavy (non-hydrogen) atoms. The largest absolute Gasteiger partial charge is 0.370 e. The Hall–Kier alpha value is -1.35. The van der Waals surface area contributed by atoms with Crippen molar-refractivity contribution in [3.8, 4) is 0 Å². The number of aryl methyl sites for hydroxylation is 1. The maximum atomic E-state index is 6.31. The summed E-state index contributed by atoms with van der Waals surface area (Å²) in [6.07, 6.45) is 9.25. The average Bonchev–Trinajstić information content (AvgIpc) is 2.54. The summed E-state index contributed by atoms with van der Waals surface area (Å²) < 4.78 is 6.31. The normalized spacial score (nSPS) is 20.2. The molecule has 0 N–H and O–H groups in total. The predicted octanol–water partition coefficient (Wildman–Crippen LogP) is 4.73. The number of aliphatic imine (C=N–C) groups is 1. The van der Waals surface area contributed by atoms with Crippen molar-refractivity contribution in [1.82, 2.24) is 4.90 Å². The van der Waals surface area contributed by atoms with Gasteiger partial charge in [-0.2, -0.15) is 0 Å². The molecule has 1 spiro atoms. The van der Waals surface area contributed by atoms with Crippen molar-refractivity contribution in [3.63, 3.8) is 0 Å². The van der Waals surface area contributed by atoms with Crippen molar-refractivity contribution in [2.24, 2.45) is 4.99 Å². The average molecular weight is 314 g/mol. The van der Waals surface area contributed by atoms with Gasteiger partial charge in [-0.1, -0.05) is 25.3 Å². The number of fused-ring (bicyclic) bond motifs is 2. The van der Waals surface area contributed by atoms with E-state index in [0.29, 0.717) is 6.04 Å². The minimum atomic E-state index is -0.00639. The summed E-state index contributed by atoms with van der Waals surface area (Å²) in [7, 11) is 2.08. The highest BCUT2D eigenvalue weighted by molar-refractivity contribution is 5.64. The fraction of sp³-hybridized carbons (Fsp3) is 0.650. The first-order chi connectivity index (χ1) is 11.0. The molecule has 126 valence electrons. The summed E-state index contributed by atoms with van der Waals surface area (Å²) in [5, 5.41) is 0. The van der Waals surface area contributed by atoms with Gasteiger partial charge in [0.25, 0.3) is 0 Å². The van der Waals surface area contributed by atoms with E-state index in [4.69, 9.17) is 9.73 Å². The van der Waals surface area contributed by atoms with Crippen molar-refractivity contribution in [2.45, 2.75) is 70.9 Å². The fourth-order valence-corrected chi connectivity index (χ4v) is 3.77. The molecule has 1 saturated carbocycles. The Labute approximate surface area is 140 Å². The zero-order chi connectivity index (χ0) is 16.4. The molecule has 0 amide bonds. The second kappa shape index (κ2) is 6.64. The van der Waals surface area contributed by atoms with Crippen LogP contribution in [-0.4, -0.2) is 30.9 Å². The lowest BCUT2D eigenvalue weighted by Crippen LogP contribution is -2.37. The molecule has 1 aromatic rings. The third kappa shape index (κ3) is 3.30. The topological polar surface area (TPSA) is 24.8 Å². The summed E-state index contributed by atoms with van der Waals surface area (Å²) >= 11 is 0. The highest BCUT2D eigenvalue weighted by Crippen LogP contribution is 2.45. The SMILES string of the molecule is Cc1cc2c(cc1/N=C/N(C)C(C)C)CCOC21CCCCC1. The molecule has 0 saturated heterocycles. The minimum absolute atomic E-state index is 0.00639. The van der Waals surface area contributed by atoms with E-state index >= 15 is 0 Å². The monoisotopic (exact) mass is 314 g/mol. The molecular formula is C20H30N2O. The van der Waals surface area contributed by atoms with Crippen molar-refractivity contribution in [2.75, 3.05) is 13.7 Å². The van der Waals surface area contributed by atoms with Gasteiger partial charge in [0.2, 0.25) is 0 Å². The first kappa shape index (κ1) is 16.5. The van der Waals surface area contributed by atoms with Crippen LogP contribution in [0.25, 0.3) is 0 Å². The predicted molar refractivity (Wildman–Crippen MR) is 96.6 cm³/mol. The van der Waals surface area contributed by atoms with Crippen LogP contribution in [0.1, 0.15) is 62.6 Å². The number of hydrogen-bond donors (Lipinski definition) is 0. The molecule has 1 heterocycles. The number of nitrogens with zero attached hydrogens (tertiary/aromatic N) is 2. The van der Waals surface area contributed by atoms with Crippen LogP contribution in [0.2, 0.25) is 0 Å². The van der Waals surface area contributed by atoms with E-state index < -0.39 is 0 Å². The van der Waals surface area contributed by atoms with Gasteiger partial charge in [0.15, 0.2) is 0 Å². The van der Waals surface area contributed by atoms with E-state index in [1.807, 2.05) is 6.34 Å². The maximum Gasteiger partial charge on any atom is 0.0934 e. The second-order valence-electron chi connectivity index (χ2n) is 7.45. The van der Waals surface area contributed by atoms with Crippen LogP contribution in [0.5, 0.6) is 0 Å². The lowest BCUT2D eigenvalue weighted by molar-refractivity contribution is -0.0847. The molecule has 3 nitrogen and oxygen atoms in total. The quantitative estimate of drug-likeness (QED) is 0.595. The molecule has 1 aromatic carbocycles. The number of hydrogen-bond acceptors (Lipinski definition) is 2. The highest BCUT2D eigenvalue weighted by Gasteiger charge is 2.39. The molecule has 3 heteroatoms. The molecule has 1 aliphatic carbocycles. The number of benzene rings is 1. The Kier molecular flexibility index (Phi) is 4.77. The molecule has 1 aliphatic heterocycles. The van der Waals surface area contributed by atoms with Gasteiger partial charge in [0.1, 0.15) is 0 Å². The van der Waals surface area contributed by atoms with Gasteiger partial charge in [-0.15, -0.1) is 0 Å². The number of rotatable bonds is 3. The van der Waals surface area contributed by atoms with Crippen molar-refractivity contribution in [3.05, 3.63) is 28.8 Å². The smallest absolute Gasteiger partial charge is 0.0934 e. The molecule has 0 atom stereocenters. The molecule has 0 bridgehead atoms. The molecule has 0 unspecified atom stereocenters. The molecule has 0 radical (unpaired) electrons. The van der Waals surface area contributed by atoms with E-state index in [1.54, 1.807) is 0 Å². The first-order valence-corrected chi connectivity index (χ1v) is 9.06. The summed E-state index contributed by atoms with van der Waals surface area (Å²) in [6, 6.07) is 5.12. The molecule has 0 aromatic heterocycles. The Bertz CT molecular complexity index is 586. The van der Waals surface area contributed by atoms with Crippen LogP contribution in [0.4, 0.5) is 5.69 Å². The molecule has 1 fully saturated rings. The van der Waals surface area contributed by atoms with Gasteiger partial charge in [-0.05, 0) is 62.8 Å². The second-order valence-corrected chi connectivity index (χ2v) is 7.45. The minimum Gasteiger partial charge on any atom is -0.370 e. The van der Waals surface area contributed by atoms with Crippen LogP contribution >= 0.6 is 0 Å². The van der Waals surface area contributed by atoms with E-state index in [1.165, 1.54) is 48.8 Å². The van der Waals surface area contributed by atoms with Crippen LogP contribution < -0.4 is 0 Å². The van der Waals surface area contributed by atoms with Gasteiger partial charge in [0.05, 0.1) is 24.2 Å². The van der Waals surface area contributed by atoms with Crippen LogP contribution in [0.3, 0.4) is 0 Å². The van der Waals surface area contributed by atoms with Gasteiger partial charge < -0.3 is 9.64 Å². The third-order valence-corrected chi connectivity index (χ3v) is 5.52. The Balaban J connectivity index is 1.92. The Morgan fingerprint density at radius 2 is 1.96 bits per heavy atom. The highest BCUT2D eigenvalue weighted by atomic mass is 16.5. The lowest BCUT2D eigenvalue weighted by atomic mass is 9.75. The first-order valence-electron chi connectivity index (χ1n) is 9.06. The molecule has 2 aliphatic rings. The third-order valence-electron chi connectivity index (χ3n) is 5.52. The Morgan fingerprint density at radius 3 is 2.65 bits per heavy atom. The van der Waals surface area contributed by atoms with Crippen LogP contribution in [-0.2, 0) is 16.8 Å². The van der Waals surface area contributed by atoms with Gasteiger partial charge in [-0.3, -0.25) is 0 Å². The van der Waals surface area contributed by atoms with E-state index in [9.17, 15) is 0 Å². The van der Waals surface area contributed by atoms with E-state index in [0.717, 1.165) is 18.7 Å². The summed E-state index contributed by atoms with van der Waals surface area (Å²) in [6.45, 7) is 7.38. The number of ether oxygens (including phenoxy) is 1. The van der Waals surface area contributed by atoms with Gasteiger partial charge >= 0.3 is 0 Å². The Morgan fingerprint density at radius 1 is 1.22 bits per heavy atom. The zero-order valence-electron chi connectivity index (χ0n) is 15.1. The maximum absolute atomic E-state index is 6.31. The van der Waals surface area contributed by atoms with Crippen molar-refractivity contribution in [1.29, 1.82) is 0 Å². The molecular weight excluding hydrogens is 284 g/mol. The van der Waals surface area contributed by atoms with Gasteiger partial charge in [-0.25, -0.2) is 4.99 Å².